The number of hydrogen-bond donors (Lipinski definition) is 1. The fraction of sp³-hybridized carbons (Fsp3) is 0.100. The highest BCUT2D eigenvalue weighted by atomic mass is 32.1. The van der Waals surface area contributed by atoms with Crippen LogP contribution in [0.2, 0.25) is 0 Å². The molecule has 1 amide bonds. The Morgan fingerprint density at radius 1 is 1.21 bits per heavy atom. The van der Waals surface area contributed by atoms with Crippen LogP contribution in [0.3, 0.4) is 0 Å². The van der Waals surface area contributed by atoms with Crippen molar-refractivity contribution in [3.8, 4) is 16.3 Å². The number of ether oxygens (including phenoxy) is 1. The van der Waals surface area contributed by atoms with Crippen LogP contribution < -0.4 is 15.6 Å². The van der Waals surface area contributed by atoms with Crippen molar-refractivity contribution in [2.24, 2.45) is 0 Å². The lowest BCUT2D eigenvalue weighted by molar-refractivity contribution is 0.0950. The van der Waals surface area contributed by atoms with E-state index in [9.17, 15) is 14.0 Å². The number of rotatable bonds is 5. The molecular weight excluding hydrogens is 395 g/mol. The number of fused-ring (bicyclic) bond motifs is 1. The molecule has 0 radical (unpaired) electrons. The first kappa shape index (κ1) is 18.8. The normalized spacial score (nSPS) is 10.8. The van der Waals surface area contributed by atoms with E-state index in [1.165, 1.54) is 40.1 Å². The molecule has 146 valence electrons. The van der Waals surface area contributed by atoms with Crippen molar-refractivity contribution in [1.82, 2.24) is 19.9 Å². The van der Waals surface area contributed by atoms with Crippen LogP contribution >= 0.6 is 11.3 Å². The quantitative estimate of drug-likeness (QED) is 0.547. The predicted octanol–water partition coefficient (Wildman–Crippen LogP) is 2.90. The van der Waals surface area contributed by atoms with Gasteiger partial charge in [0.15, 0.2) is 0 Å². The Balaban J connectivity index is 1.56. The zero-order valence-electron chi connectivity index (χ0n) is 15.3. The minimum atomic E-state index is -0.494. The molecule has 0 bridgehead atoms. The Kier molecular flexibility index (Phi) is 5.05. The molecule has 1 N–H and O–H groups in total. The van der Waals surface area contributed by atoms with Gasteiger partial charge in [-0.05, 0) is 42.5 Å². The van der Waals surface area contributed by atoms with Crippen LogP contribution in [0.5, 0.6) is 5.75 Å². The summed E-state index contributed by atoms with van der Waals surface area (Å²) in [5.41, 5.74) is 1.08. The molecule has 0 atom stereocenters. The Morgan fingerprint density at radius 2 is 2.00 bits per heavy atom. The number of carbonyl (C=O) groups excluding carboxylic acids is 1. The molecule has 0 fully saturated rings. The van der Waals surface area contributed by atoms with Gasteiger partial charge in [-0.3, -0.25) is 9.59 Å². The third-order valence-corrected chi connectivity index (χ3v) is 5.11. The van der Waals surface area contributed by atoms with Crippen LogP contribution in [-0.4, -0.2) is 27.6 Å². The molecule has 2 aromatic carbocycles. The topological polar surface area (TPSA) is 85.6 Å². The summed E-state index contributed by atoms with van der Waals surface area (Å²) in [4.78, 5) is 29.4. The average Bonchev–Trinajstić information content (AvgIpc) is 3.17. The molecule has 9 heteroatoms. The minimum absolute atomic E-state index is 0.0385. The van der Waals surface area contributed by atoms with Crippen LogP contribution in [0, 0.1) is 5.82 Å². The Labute approximate surface area is 168 Å². The van der Waals surface area contributed by atoms with Gasteiger partial charge in [0.2, 0.25) is 4.96 Å². The first-order chi connectivity index (χ1) is 14.0. The fourth-order valence-corrected chi connectivity index (χ4v) is 3.63. The molecule has 0 saturated carbocycles. The molecule has 4 rings (SSSR count). The van der Waals surface area contributed by atoms with Crippen molar-refractivity contribution in [1.29, 1.82) is 0 Å². The second-order valence-corrected chi connectivity index (χ2v) is 7.06. The van der Waals surface area contributed by atoms with E-state index >= 15 is 0 Å². The highest BCUT2D eigenvalue weighted by Gasteiger charge is 2.12. The number of methoxy groups -OCH3 is 1. The van der Waals surface area contributed by atoms with Gasteiger partial charge in [-0.25, -0.2) is 9.37 Å². The van der Waals surface area contributed by atoms with Crippen molar-refractivity contribution in [3.05, 3.63) is 82.0 Å². The van der Waals surface area contributed by atoms with Gasteiger partial charge in [0.05, 0.1) is 19.3 Å². The summed E-state index contributed by atoms with van der Waals surface area (Å²) in [6, 6.07) is 14.0. The van der Waals surface area contributed by atoms with Gasteiger partial charge >= 0.3 is 0 Å². The molecule has 0 spiro atoms. The summed E-state index contributed by atoms with van der Waals surface area (Å²) in [6.07, 6.45) is 0. The fourth-order valence-electron chi connectivity index (χ4n) is 2.70. The van der Waals surface area contributed by atoms with E-state index in [-0.39, 0.29) is 17.7 Å². The number of amides is 1. The number of aromatic nitrogens is 3. The molecule has 4 aromatic rings. The standard InChI is InChI=1S/C20H15FN4O3S/c1-28-16-7-5-12(6-8-16)19-24-25-17(26)10-15(23-20(25)29-19)11-22-18(27)13-3-2-4-14(21)9-13/h2-10H,11H2,1H3,(H,22,27). The molecule has 0 aliphatic carbocycles. The summed E-state index contributed by atoms with van der Waals surface area (Å²) in [7, 11) is 1.59. The molecular formula is C20H15FN4O3S. The lowest BCUT2D eigenvalue weighted by Gasteiger charge is -2.04. The molecule has 7 nitrogen and oxygen atoms in total. The van der Waals surface area contributed by atoms with Crippen molar-refractivity contribution >= 4 is 22.2 Å². The third-order valence-electron chi connectivity index (χ3n) is 4.15. The van der Waals surface area contributed by atoms with E-state index in [0.717, 1.165) is 17.4 Å². The van der Waals surface area contributed by atoms with E-state index < -0.39 is 11.7 Å². The van der Waals surface area contributed by atoms with E-state index in [1.54, 1.807) is 7.11 Å². The maximum atomic E-state index is 13.3. The number of nitrogens with zero attached hydrogens (tertiary/aromatic N) is 3. The highest BCUT2D eigenvalue weighted by Crippen LogP contribution is 2.26. The number of nitrogens with one attached hydrogen (secondary N) is 1. The van der Waals surface area contributed by atoms with Gasteiger partial charge < -0.3 is 10.1 Å². The van der Waals surface area contributed by atoms with Gasteiger partial charge in [0, 0.05) is 17.2 Å². The minimum Gasteiger partial charge on any atom is -0.497 e. The highest BCUT2D eigenvalue weighted by molar-refractivity contribution is 7.19. The van der Waals surface area contributed by atoms with Crippen molar-refractivity contribution in [2.45, 2.75) is 6.54 Å². The molecule has 29 heavy (non-hydrogen) atoms. The number of hydrogen-bond acceptors (Lipinski definition) is 6. The first-order valence-corrected chi connectivity index (χ1v) is 9.43. The van der Waals surface area contributed by atoms with Gasteiger partial charge in [-0.1, -0.05) is 17.4 Å². The summed E-state index contributed by atoms with van der Waals surface area (Å²) < 4.78 is 19.6. The Morgan fingerprint density at radius 3 is 2.72 bits per heavy atom. The smallest absolute Gasteiger partial charge is 0.275 e. The molecule has 0 unspecified atom stereocenters. The number of halogens is 1. The largest absolute Gasteiger partial charge is 0.497 e. The summed E-state index contributed by atoms with van der Waals surface area (Å²) in [6.45, 7) is 0.0385. The van der Waals surface area contributed by atoms with E-state index in [4.69, 9.17) is 4.74 Å². The van der Waals surface area contributed by atoms with Gasteiger partial charge in [-0.2, -0.15) is 9.61 Å². The van der Waals surface area contributed by atoms with Gasteiger partial charge in [-0.15, -0.1) is 0 Å². The lowest BCUT2D eigenvalue weighted by Crippen LogP contribution is -2.25. The van der Waals surface area contributed by atoms with E-state index in [1.807, 2.05) is 24.3 Å². The summed E-state index contributed by atoms with van der Waals surface area (Å²) in [5.74, 6) is -0.220. The average molecular weight is 410 g/mol. The lowest BCUT2D eigenvalue weighted by atomic mass is 10.2. The zero-order valence-corrected chi connectivity index (χ0v) is 16.1. The Hall–Kier alpha value is -3.59. The number of benzene rings is 2. The van der Waals surface area contributed by atoms with Crippen LogP contribution in [0.25, 0.3) is 15.5 Å². The van der Waals surface area contributed by atoms with Crippen LogP contribution in [-0.2, 0) is 6.54 Å². The predicted molar refractivity (Wildman–Crippen MR) is 107 cm³/mol. The zero-order chi connectivity index (χ0) is 20.4. The summed E-state index contributed by atoms with van der Waals surface area (Å²) >= 11 is 1.26. The first-order valence-electron chi connectivity index (χ1n) is 8.61. The van der Waals surface area contributed by atoms with Crippen molar-refractivity contribution in [2.75, 3.05) is 7.11 Å². The maximum Gasteiger partial charge on any atom is 0.275 e. The van der Waals surface area contributed by atoms with E-state index in [0.29, 0.717) is 15.7 Å². The second kappa shape index (κ2) is 7.80. The van der Waals surface area contributed by atoms with Crippen LogP contribution in [0.4, 0.5) is 4.39 Å². The molecule has 2 aromatic heterocycles. The molecule has 2 heterocycles. The van der Waals surface area contributed by atoms with Crippen molar-refractivity contribution < 1.29 is 13.9 Å². The van der Waals surface area contributed by atoms with Crippen molar-refractivity contribution in [3.63, 3.8) is 0 Å². The third kappa shape index (κ3) is 3.99. The monoisotopic (exact) mass is 410 g/mol. The maximum absolute atomic E-state index is 13.3. The van der Waals surface area contributed by atoms with Gasteiger partial charge in [0.25, 0.3) is 11.5 Å². The number of carbonyl (C=O) groups is 1. The molecule has 0 aliphatic rings. The SMILES string of the molecule is COc1ccc(-c2nn3c(=O)cc(CNC(=O)c4cccc(F)c4)nc3s2)cc1. The van der Waals surface area contributed by atoms with E-state index in [2.05, 4.69) is 15.4 Å². The van der Waals surface area contributed by atoms with Gasteiger partial charge in [0.1, 0.15) is 16.6 Å². The van der Waals surface area contributed by atoms with Crippen LogP contribution in [0.1, 0.15) is 16.1 Å². The molecule has 0 saturated heterocycles. The Bertz CT molecular complexity index is 1250. The summed E-state index contributed by atoms with van der Waals surface area (Å²) in [5, 5.41) is 7.60. The molecule has 0 aliphatic heterocycles. The second-order valence-electron chi connectivity index (χ2n) is 6.11. The van der Waals surface area contributed by atoms with Crippen LogP contribution in [0.15, 0.2) is 59.4 Å².